The van der Waals surface area contributed by atoms with Crippen molar-refractivity contribution in [2.45, 2.75) is 32.7 Å². The molecular formula is C12H15BrN2O2. The molecule has 1 aliphatic carbocycles. The molecule has 1 atom stereocenters. The number of nitro groups is 1. The lowest BCUT2D eigenvalue weighted by Gasteiger charge is -2.21. The molecule has 1 fully saturated rings. The van der Waals surface area contributed by atoms with Gasteiger partial charge < -0.3 is 5.32 Å². The van der Waals surface area contributed by atoms with Crippen LogP contribution in [0.3, 0.4) is 0 Å². The average molecular weight is 299 g/mol. The fourth-order valence-corrected chi connectivity index (χ4v) is 2.16. The van der Waals surface area contributed by atoms with Crippen LogP contribution < -0.4 is 5.32 Å². The van der Waals surface area contributed by atoms with Gasteiger partial charge in [0.25, 0.3) is 5.69 Å². The summed E-state index contributed by atoms with van der Waals surface area (Å²) in [4.78, 5) is 10.6. The van der Waals surface area contributed by atoms with E-state index in [9.17, 15) is 10.1 Å². The van der Waals surface area contributed by atoms with Gasteiger partial charge in [0.2, 0.25) is 0 Å². The van der Waals surface area contributed by atoms with Crippen molar-refractivity contribution in [2.75, 3.05) is 5.32 Å². The van der Waals surface area contributed by atoms with Gasteiger partial charge in [-0.05, 0) is 37.3 Å². The third-order valence-corrected chi connectivity index (χ3v) is 4.11. The van der Waals surface area contributed by atoms with Crippen molar-refractivity contribution in [1.29, 1.82) is 0 Å². The summed E-state index contributed by atoms with van der Waals surface area (Å²) >= 11 is 3.25. The van der Waals surface area contributed by atoms with Gasteiger partial charge in [0.05, 0.1) is 4.92 Å². The maximum absolute atomic E-state index is 11.0. The Labute approximate surface area is 109 Å². The van der Waals surface area contributed by atoms with Crippen molar-refractivity contribution in [3.05, 3.63) is 32.8 Å². The Morgan fingerprint density at radius 1 is 1.53 bits per heavy atom. The SMILES string of the molecule is CC(Nc1ccc(Br)cc1[N+](=O)[O-])C1(C)CC1. The first-order valence-corrected chi connectivity index (χ1v) is 6.42. The van der Waals surface area contributed by atoms with Crippen LogP contribution in [-0.2, 0) is 0 Å². The van der Waals surface area contributed by atoms with Crippen LogP contribution in [0.1, 0.15) is 26.7 Å². The molecule has 92 valence electrons. The number of halogens is 1. The second-order valence-electron chi connectivity index (χ2n) is 4.94. The summed E-state index contributed by atoms with van der Waals surface area (Å²) < 4.78 is 0.722. The molecule has 1 saturated carbocycles. The molecule has 0 saturated heterocycles. The zero-order chi connectivity index (χ0) is 12.6. The van der Waals surface area contributed by atoms with Crippen LogP contribution in [0.4, 0.5) is 11.4 Å². The zero-order valence-electron chi connectivity index (χ0n) is 9.87. The molecule has 1 unspecified atom stereocenters. The van der Waals surface area contributed by atoms with Crippen LogP contribution in [0, 0.1) is 15.5 Å². The lowest BCUT2D eigenvalue weighted by Crippen LogP contribution is -2.25. The molecule has 1 aromatic carbocycles. The maximum Gasteiger partial charge on any atom is 0.293 e. The van der Waals surface area contributed by atoms with Crippen LogP contribution in [0.2, 0.25) is 0 Å². The van der Waals surface area contributed by atoms with Gasteiger partial charge in [-0.25, -0.2) is 0 Å². The number of benzene rings is 1. The van der Waals surface area contributed by atoms with E-state index in [4.69, 9.17) is 0 Å². The van der Waals surface area contributed by atoms with Crippen LogP contribution in [-0.4, -0.2) is 11.0 Å². The minimum absolute atomic E-state index is 0.121. The Morgan fingerprint density at radius 2 is 2.18 bits per heavy atom. The number of nitro benzene ring substituents is 1. The number of nitrogens with zero attached hydrogens (tertiary/aromatic N) is 1. The summed E-state index contributed by atoms with van der Waals surface area (Å²) in [5.41, 5.74) is 1.01. The first-order chi connectivity index (χ1) is 7.92. The van der Waals surface area contributed by atoms with E-state index >= 15 is 0 Å². The molecule has 4 nitrogen and oxygen atoms in total. The van der Waals surface area contributed by atoms with E-state index < -0.39 is 0 Å². The van der Waals surface area contributed by atoms with E-state index in [1.165, 1.54) is 18.9 Å². The van der Waals surface area contributed by atoms with Gasteiger partial charge in [-0.2, -0.15) is 0 Å². The normalized spacial score (nSPS) is 18.5. The summed E-state index contributed by atoms with van der Waals surface area (Å²) in [5, 5.41) is 14.2. The van der Waals surface area contributed by atoms with Gasteiger partial charge in [0.1, 0.15) is 5.69 Å². The molecule has 0 bridgehead atoms. The Balaban J connectivity index is 2.23. The van der Waals surface area contributed by atoms with Gasteiger partial charge in [-0.1, -0.05) is 22.9 Å². The van der Waals surface area contributed by atoms with Crippen molar-refractivity contribution in [3.8, 4) is 0 Å². The molecule has 0 radical (unpaired) electrons. The topological polar surface area (TPSA) is 55.2 Å². The van der Waals surface area contributed by atoms with Gasteiger partial charge in [-0.15, -0.1) is 0 Å². The number of anilines is 1. The molecule has 2 rings (SSSR count). The Kier molecular flexibility index (Phi) is 3.12. The lowest BCUT2D eigenvalue weighted by molar-refractivity contribution is -0.384. The Hall–Kier alpha value is -1.10. The Bertz CT molecular complexity index is 458. The second kappa shape index (κ2) is 4.29. The van der Waals surface area contributed by atoms with Gasteiger partial charge in [0.15, 0.2) is 0 Å². The fourth-order valence-electron chi connectivity index (χ4n) is 1.82. The molecule has 0 spiro atoms. The number of rotatable bonds is 4. The summed E-state index contributed by atoms with van der Waals surface area (Å²) in [7, 11) is 0. The van der Waals surface area contributed by atoms with Gasteiger partial charge in [-0.3, -0.25) is 10.1 Å². The van der Waals surface area contributed by atoms with E-state index in [1.807, 2.05) is 6.07 Å². The van der Waals surface area contributed by atoms with Crippen LogP contribution in [0.5, 0.6) is 0 Å². The first kappa shape index (κ1) is 12.4. The summed E-state index contributed by atoms with van der Waals surface area (Å²) in [6.45, 7) is 4.29. The highest BCUT2D eigenvalue weighted by atomic mass is 79.9. The quantitative estimate of drug-likeness (QED) is 0.676. The van der Waals surface area contributed by atoms with Gasteiger partial charge >= 0.3 is 0 Å². The second-order valence-corrected chi connectivity index (χ2v) is 5.85. The summed E-state index contributed by atoms with van der Waals surface area (Å²) in [6.07, 6.45) is 2.37. The minimum atomic E-state index is -0.352. The molecule has 17 heavy (non-hydrogen) atoms. The summed E-state index contributed by atoms with van der Waals surface area (Å²) in [6, 6.07) is 5.36. The lowest BCUT2D eigenvalue weighted by atomic mass is 10.0. The molecule has 5 heteroatoms. The van der Waals surface area contributed by atoms with Crippen molar-refractivity contribution >= 4 is 27.3 Å². The third-order valence-electron chi connectivity index (χ3n) is 3.61. The highest BCUT2D eigenvalue weighted by molar-refractivity contribution is 9.10. The molecule has 0 aromatic heterocycles. The number of hydrogen-bond donors (Lipinski definition) is 1. The van der Waals surface area contributed by atoms with Crippen molar-refractivity contribution in [2.24, 2.45) is 5.41 Å². The fraction of sp³-hybridized carbons (Fsp3) is 0.500. The monoisotopic (exact) mass is 298 g/mol. The number of nitrogens with one attached hydrogen (secondary N) is 1. The molecule has 0 heterocycles. The van der Waals surface area contributed by atoms with Crippen molar-refractivity contribution in [1.82, 2.24) is 0 Å². The molecule has 1 aromatic rings. The minimum Gasteiger partial charge on any atom is -0.376 e. The zero-order valence-corrected chi connectivity index (χ0v) is 11.5. The van der Waals surface area contributed by atoms with E-state index in [1.54, 1.807) is 6.07 Å². The molecule has 1 aliphatic rings. The van der Waals surface area contributed by atoms with E-state index in [0.29, 0.717) is 11.1 Å². The van der Waals surface area contributed by atoms with E-state index in [0.717, 1.165) is 4.47 Å². The largest absolute Gasteiger partial charge is 0.376 e. The highest BCUT2D eigenvalue weighted by Crippen LogP contribution is 2.49. The smallest absolute Gasteiger partial charge is 0.293 e. The van der Waals surface area contributed by atoms with Crippen LogP contribution >= 0.6 is 15.9 Å². The van der Waals surface area contributed by atoms with E-state index in [2.05, 4.69) is 35.1 Å². The number of hydrogen-bond acceptors (Lipinski definition) is 3. The summed E-state index contributed by atoms with van der Waals surface area (Å²) in [5.74, 6) is 0. The van der Waals surface area contributed by atoms with Crippen molar-refractivity contribution in [3.63, 3.8) is 0 Å². The Morgan fingerprint density at radius 3 is 2.71 bits per heavy atom. The molecule has 0 aliphatic heterocycles. The standard InChI is InChI=1S/C12H15BrN2O2/c1-8(12(2)5-6-12)14-10-4-3-9(13)7-11(10)15(16)17/h3-4,7-8,14H,5-6H2,1-2H3. The predicted molar refractivity (Wildman–Crippen MR) is 71.2 cm³/mol. The highest BCUT2D eigenvalue weighted by Gasteiger charge is 2.42. The first-order valence-electron chi connectivity index (χ1n) is 5.63. The van der Waals surface area contributed by atoms with E-state index in [-0.39, 0.29) is 16.7 Å². The molecular weight excluding hydrogens is 284 g/mol. The van der Waals surface area contributed by atoms with Crippen LogP contribution in [0.15, 0.2) is 22.7 Å². The average Bonchev–Trinajstić information content (AvgIpc) is 3.00. The molecule has 1 N–H and O–H groups in total. The third kappa shape index (κ3) is 2.60. The maximum atomic E-state index is 11.0. The van der Waals surface area contributed by atoms with Crippen LogP contribution in [0.25, 0.3) is 0 Å². The van der Waals surface area contributed by atoms with Gasteiger partial charge in [0, 0.05) is 16.6 Å². The predicted octanol–water partition coefficient (Wildman–Crippen LogP) is 3.96. The van der Waals surface area contributed by atoms with Crippen molar-refractivity contribution < 1.29 is 4.92 Å². The molecule has 0 amide bonds.